The zero-order chi connectivity index (χ0) is 21.9. The Kier molecular flexibility index (Phi) is 8.71. The van der Waals surface area contributed by atoms with Gasteiger partial charge in [-0.15, -0.1) is 0 Å². The third-order valence-electron chi connectivity index (χ3n) is 4.77. The second kappa shape index (κ2) is 11.5. The van der Waals surface area contributed by atoms with Crippen molar-refractivity contribution in [1.29, 1.82) is 0 Å². The molecule has 0 heterocycles. The summed E-state index contributed by atoms with van der Waals surface area (Å²) in [6.45, 7) is 18.3. The molecular formula is C28H32N2. The van der Waals surface area contributed by atoms with Crippen LogP contribution in [0, 0.1) is 0 Å². The van der Waals surface area contributed by atoms with Crippen LogP contribution in [0.3, 0.4) is 0 Å². The second-order valence-electron chi connectivity index (χ2n) is 6.68. The molecule has 2 nitrogen and oxygen atoms in total. The summed E-state index contributed by atoms with van der Waals surface area (Å²) in [6, 6.07) is 18.8. The molecule has 0 aliphatic carbocycles. The van der Waals surface area contributed by atoms with Gasteiger partial charge in [0.1, 0.15) is 0 Å². The molecule has 2 heteroatoms. The molecule has 0 saturated heterocycles. The van der Waals surface area contributed by atoms with E-state index in [0.717, 1.165) is 34.9 Å². The summed E-state index contributed by atoms with van der Waals surface area (Å²) in [5, 5.41) is 0. The number of hydrogen-bond acceptors (Lipinski definition) is 2. The Morgan fingerprint density at radius 2 is 1.50 bits per heavy atom. The summed E-state index contributed by atoms with van der Waals surface area (Å²) in [7, 11) is 0. The van der Waals surface area contributed by atoms with E-state index in [-0.39, 0.29) is 0 Å². The molecule has 2 rings (SSSR count). The number of anilines is 3. The van der Waals surface area contributed by atoms with Gasteiger partial charge >= 0.3 is 0 Å². The first-order valence-electron chi connectivity index (χ1n) is 10.3. The molecule has 0 bridgehead atoms. The van der Waals surface area contributed by atoms with E-state index in [2.05, 4.69) is 85.9 Å². The highest BCUT2D eigenvalue weighted by atomic mass is 15.2. The normalized spacial score (nSPS) is 12.0. The minimum atomic E-state index is 0.924. The lowest BCUT2D eigenvalue weighted by Crippen LogP contribution is -2.20. The lowest BCUT2D eigenvalue weighted by Gasteiger charge is -2.29. The minimum Gasteiger partial charge on any atom is -0.315 e. The van der Waals surface area contributed by atoms with Gasteiger partial charge in [0.25, 0.3) is 0 Å². The predicted molar refractivity (Wildman–Crippen MR) is 134 cm³/mol. The van der Waals surface area contributed by atoms with Gasteiger partial charge < -0.3 is 9.80 Å². The van der Waals surface area contributed by atoms with Gasteiger partial charge in [-0.3, -0.25) is 0 Å². The largest absolute Gasteiger partial charge is 0.315 e. The maximum absolute atomic E-state index is 4.26. The van der Waals surface area contributed by atoms with E-state index in [1.807, 2.05) is 49.4 Å². The topological polar surface area (TPSA) is 6.48 Å². The third-order valence-corrected chi connectivity index (χ3v) is 4.77. The van der Waals surface area contributed by atoms with Crippen molar-refractivity contribution in [3.05, 3.63) is 128 Å². The molecule has 0 amide bonds. The van der Waals surface area contributed by atoms with Crippen LogP contribution < -0.4 is 9.80 Å². The van der Waals surface area contributed by atoms with Crippen molar-refractivity contribution in [3.8, 4) is 0 Å². The Balaban J connectivity index is 2.54. The maximum atomic E-state index is 4.26. The fourth-order valence-corrected chi connectivity index (χ4v) is 3.40. The quantitative estimate of drug-likeness (QED) is 0.373. The molecule has 0 radical (unpaired) electrons. The van der Waals surface area contributed by atoms with Crippen LogP contribution in [0.4, 0.5) is 17.1 Å². The van der Waals surface area contributed by atoms with Crippen LogP contribution >= 0.6 is 0 Å². The number of para-hydroxylation sites is 1. The monoisotopic (exact) mass is 396 g/mol. The molecule has 0 aromatic heterocycles. The minimum absolute atomic E-state index is 0.924. The van der Waals surface area contributed by atoms with Gasteiger partial charge in [0.2, 0.25) is 0 Å². The smallest absolute Gasteiger partial charge is 0.0463 e. The van der Waals surface area contributed by atoms with E-state index in [9.17, 15) is 0 Å². The molecule has 0 aliphatic rings. The number of hydrogen-bond donors (Lipinski definition) is 0. The van der Waals surface area contributed by atoms with E-state index in [0.29, 0.717) is 0 Å². The van der Waals surface area contributed by atoms with Crippen molar-refractivity contribution < 1.29 is 0 Å². The van der Waals surface area contributed by atoms with Crippen LogP contribution in [0.5, 0.6) is 0 Å². The van der Waals surface area contributed by atoms with Gasteiger partial charge in [0.05, 0.1) is 0 Å². The highest BCUT2D eigenvalue weighted by Gasteiger charge is 2.15. The molecule has 0 aliphatic heterocycles. The zero-order valence-corrected chi connectivity index (χ0v) is 18.4. The van der Waals surface area contributed by atoms with E-state index >= 15 is 0 Å². The van der Waals surface area contributed by atoms with Crippen LogP contribution in [0.1, 0.15) is 27.2 Å². The lowest BCUT2D eigenvalue weighted by atomic mass is 10.1. The van der Waals surface area contributed by atoms with E-state index in [1.165, 1.54) is 5.70 Å². The van der Waals surface area contributed by atoms with E-state index in [4.69, 9.17) is 0 Å². The van der Waals surface area contributed by atoms with Crippen LogP contribution in [-0.2, 0) is 0 Å². The van der Waals surface area contributed by atoms with Gasteiger partial charge in [-0.2, -0.15) is 0 Å². The number of nitrogens with zero attached hydrogens (tertiary/aromatic N) is 2. The van der Waals surface area contributed by atoms with Gasteiger partial charge in [-0.05, 0) is 74.9 Å². The molecule has 0 atom stereocenters. The van der Waals surface area contributed by atoms with Crippen molar-refractivity contribution in [2.24, 2.45) is 0 Å². The van der Waals surface area contributed by atoms with Crippen molar-refractivity contribution in [2.45, 2.75) is 27.2 Å². The summed E-state index contributed by atoms with van der Waals surface area (Å²) in [6.07, 6.45) is 12.7. The zero-order valence-electron chi connectivity index (χ0n) is 18.4. The number of rotatable bonds is 10. The Morgan fingerprint density at radius 3 is 2.00 bits per heavy atom. The Bertz CT molecular complexity index is 944. The first-order valence-corrected chi connectivity index (χ1v) is 10.3. The standard InChI is InChI=1S/C28H32N2/c1-7-15-23(6)29(24(9-3)10-4)27-19-21-28(22-20-27)30(25(11-5)16-8-2)26-17-13-12-14-18-26/h7-9,11-22H,2,5-6,10H2,1,3-4H3/b15-7-,24-9+,25-16+. The molecule has 0 fully saturated rings. The van der Waals surface area contributed by atoms with Crippen LogP contribution in [0.25, 0.3) is 0 Å². The SMILES string of the molecule is C=C/C=C(\C=C)N(c1ccccc1)c1ccc(N(C(=C)/C=C\C)/C(=C/C)CC)cc1. The average molecular weight is 397 g/mol. The van der Waals surface area contributed by atoms with Gasteiger partial charge in [0, 0.05) is 34.2 Å². The van der Waals surface area contributed by atoms with Crippen molar-refractivity contribution in [3.63, 3.8) is 0 Å². The molecule has 154 valence electrons. The molecule has 0 N–H and O–H groups in total. The molecule has 0 spiro atoms. The Labute approximate surface area is 182 Å². The molecule has 30 heavy (non-hydrogen) atoms. The third kappa shape index (κ3) is 5.30. The van der Waals surface area contributed by atoms with Crippen molar-refractivity contribution >= 4 is 17.1 Å². The Morgan fingerprint density at radius 1 is 0.900 bits per heavy atom. The average Bonchev–Trinajstić information content (AvgIpc) is 2.78. The number of benzene rings is 2. The van der Waals surface area contributed by atoms with Crippen molar-refractivity contribution in [2.75, 3.05) is 9.80 Å². The highest BCUT2D eigenvalue weighted by molar-refractivity contribution is 5.73. The molecule has 2 aromatic carbocycles. The predicted octanol–water partition coefficient (Wildman–Crippen LogP) is 8.29. The van der Waals surface area contributed by atoms with Gasteiger partial charge in [-0.25, -0.2) is 0 Å². The fourth-order valence-electron chi connectivity index (χ4n) is 3.40. The van der Waals surface area contributed by atoms with E-state index in [1.54, 1.807) is 6.08 Å². The summed E-state index contributed by atoms with van der Waals surface area (Å²) in [4.78, 5) is 4.37. The van der Waals surface area contributed by atoms with E-state index < -0.39 is 0 Å². The summed E-state index contributed by atoms with van der Waals surface area (Å²) >= 11 is 0. The summed E-state index contributed by atoms with van der Waals surface area (Å²) < 4.78 is 0. The fraction of sp³-hybridized carbons (Fsp3) is 0.143. The first kappa shape index (κ1) is 22.8. The maximum Gasteiger partial charge on any atom is 0.0463 e. The second-order valence-corrected chi connectivity index (χ2v) is 6.68. The molecule has 2 aromatic rings. The van der Waals surface area contributed by atoms with Crippen molar-refractivity contribution in [1.82, 2.24) is 0 Å². The first-order chi connectivity index (χ1) is 14.6. The van der Waals surface area contributed by atoms with Gasteiger partial charge in [0.15, 0.2) is 0 Å². The summed E-state index contributed by atoms with van der Waals surface area (Å²) in [5.41, 5.74) is 6.31. The lowest BCUT2D eigenvalue weighted by molar-refractivity contribution is 0.980. The van der Waals surface area contributed by atoms with Gasteiger partial charge in [-0.1, -0.05) is 63.1 Å². The number of allylic oxidation sites excluding steroid dienone is 7. The molecule has 0 saturated carbocycles. The van der Waals surface area contributed by atoms with Crippen LogP contribution in [0.15, 0.2) is 128 Å². The van der Waals surface area contributed by atoms with Crippen LogP contribution in [-0.4, -0.2) is 0 Å². The van der Waals surface area contributed by atoms with Crippen LogP contribution in [0.2, 0.25) is 0 Å². The Hall–Kier alpha value is -3.52. The molecule has 0 unspecified atom stereocenters. The highest BCUT2D eigenvalue weighted by Crippen LogP contribution is 2.33. The summed E-state index contributed by atoms with van der Waals surface area (Å²) in [5.74, 6) is 0. The molecular weight excluding hydrogens is 364 g/mol.